The van der Waals surface area contributed by atoms with Gasteiger partial charge in [0.2, 0.25) is 0 Å². The smallest absolute Gasteiger partial charge is 0.124 e. The molecule has 0 saturated carbocycles. The van der Waals surface area contributed by atoms with E-state index in [-0.39, 0.29) is 19.3 Å². The molecule has 0 bridgehead atoms. The maximum Gasteiger partial charge on any atom is 0.124 e. The van der Waals surface area contributed by atoms with Gasteiger partial charge in [0.25, 0.3) is 0 Å². The lowest BCUT2D eigenvalue weighted by Crippen LogP contribution is -2.31. The number of rotatable bonds is 8. The number of aliphatic hydroxyl groups is 1. The van der Waals surface area contributed by atoms with Gasteiger partial charge in [0, 0.05) is 38.8 Å². The minimum Gasteiger partial charge on any atom is -0.488 e. The molecule has 24 heavy (non-hydrogen) atoms. The fourth-order valence-corrected chi connectivity index (χ4v) is 2.94. The summed E-state index contributed by atoms with van der Waals surface area (Å²) >= 11 is 18.4. The highest BCUT2D eigenvalue weighted by Gasteiger charge is 2.11. The van der Waals surface area contributed by atoms with Crippen LogP contribution in [0, 0.1) is 0 Å². The predicted octanol–water partition coefficient (Wildman–Crippen LogP) is 5.09. The third kappa shape index (κ3) is 5.27. The Labute approximate surface area is 157 Å². The van der Waals surface area contributed by atoms with Crippen molar-refractivity contribution in [2.24, 2.45) is 0 Å². The Kier molecular flexibility index (Phi) is 7.66. The maximum absolute atomic E-state index is 9.29. The van der Waals surface area contributed by atoms with Crippen molar-refractivity contribution in [3.05, 3.63) is 62.6 Å². The molecule has 130 valence electrons. The zero-order chi connectivity index (χ0) is 17.5. The zero-order valence-corrected chi connectivity index (χ0v) is 15.6. The summed E-state index contributed by atoms with van der Waals surface area (Å²) in [5, 5.41) is 14.3. The summed E-state index contributed by atoms with van der Waals surface area (Å²) in [5.74, 6) is 0.704. The summed E-state index contributed by atoms with van der Waals surface area (Å²) in [7, 11) is 0. The highest BCUT2D eigenvalue weighted by Crippen LogP contribution is 2.28. The van der Waals surface area contributed by atoms with Gasteiger partial charge in [0.1, 0.15) is 12.4 Å². The number of aliphatic hydroxyl groups excluding tert-OH is 1. The topological polar surface area (TPSA) is 41.5 Å². The van der Waals surface area contributed by atoms with Crippen LogP contribution in [0.25, 0.3) is 0 Å². The minimum absolute atomic E-state index is 0.0369. The van der Waals surface area contributed by atoms with Crippen LogP contribution in [-0.2, 0) is 13.2 Å². The van der Waals surface area contributed by atoms with Gasteiger partial charge < -0.3 is 15.2 Å². The van der Waals surface area contributed by atoms with Gasteiger partial charge in [-0.2, -0.15) is 0 Å². The van der Waals surface area contributed by atoms with E-state index in [0.29, 0.717) is 27.4 Å². The Hall–Kier alpha value is -0.970. The van der Waals surface area contributed by atoms with E-state index in [2.05, 4.69) is 5.32 Å². The van der Waals surface area contributed by atoms with E-state index in [0.717, 1.165) is 17.5 Å². The van der Waals surface area contributed by atoms with Crippen LogP contribution < -0.4 is 10.1 Å². The molecule has 2 N–H and O–H groups in total. The van der Waals surface area contributed by atoms with E-state index in [9.17, 15) is 5.11 Å². The van der Waals surface area contributed by atoms with Crippen molar-refractivity contribution >= 4 is 34.8 Å². The number of nitrogens with one attached hydrogen (secondary N) is 1. The Morgan fingerprint density at radius 1 is 1.12 bits per heavy atom. The molecule has 0 aliphatic carbocycles. The summed E-state index contributed by atoms with van der Waals surface area (Å²) in [6, 6.07) is 10.8. The molecule has 2 aromatic rings. The molecule has 0 fully saturated rings. The molecule has 2 aromatic carbocycles. The second kappa shape index (κ2) is 9.50. The average molecular weight is 389 g/mol. The number of benzene rings is 2. The number of hydrogen-bond acceptors (Lipinski definition) is 3. The van der Waals surface area contributed by atoms with Crippen molar-refractivity contribution in [1.29, 1.82) is 0 Å². The second-order valence-corrected chi connectivity index (χ2v) is 6.66. The lowest BCUT2D eigenvalue weighted by Gasteiger charge is -2.17. The first-order valence-corrected chi connectivity index (χ1v) is 8.86. The zero-order valence-electron chi connectivity index (χ0n) is 13.4. The minimum atomic E-state index is 0.0369. The van der Waals surface area contributed by atoms with Crippen LogP contribution in [0.2, 0.25) is 15.1 Å². The van der Waals surface area contributed by atoms with E-state index in [1.54, 1.807) is 24.3 Å². The van der Waals surface area contributed by atoms with Crippen molar-refractivity contribution < 1.29 is 9.84 Å². The first-order chi connectivity index (χ1) is 11.5. The molecule has 1 atom stereocenters. The fraction of sp³-hybridized carbons (Fsp3) is 0.333. The molecular weight excluding hydrogens is 369 g/mol. The van der Waals surface area contributed by atoms with Crippen molar-refractivity contribution in [2.45, 2.75) is 32.5 Å². The highest BCUT2D eigenvalue weighted by atomic mass is 35.5. The molecule has 0 heterocycles. The normalized spacial score (nSPS) is 12.2. The molecule has 0 aromatic heterocycles. The summed E-state index contributed by atoms with van der Waals surface area (Å²) in [6.07, 6.45) is 0.836. The van der Waals surface area contributed by atoms with Gasteiger partial charge in [-0.25, -0.2) is 0 Å². The standard InChI is InChI=1S/C18H20Cl3NO2/c1-2-14(10-23)22-9-12-8-13(19)6-7-18(12)24-11-15-16(20)4-3-5-17(15)21/h3-8,14,22-23H,2,9-11H2,1H3/t14-/m0/s1. The average Bonchev–Trinajstić information content (AvgIpc) is 2.57. The van der Waals surface area contributed by atoms with Gasteiger partial charge in [-0.3, -0.25) is 0 Å². The number of ether oxygens (including phenoxy) is 1. The van der Waals surface area contributed by atoms with E-state index in [4.69, 9.17) is 39.5 Å². The van der Waals surface area contributed by atoms with E-state index in [1.807, 2.05) is 19.1 Å². The van der Waals surface area contributed by atoms with Gasteiger partial charge in [0.15, 0.2) is 0 Å². The lowest BCUT2D eigenvalue weighted by molar-refractivity contribution is 0.237. The monoisotopic (exact) mass is 387 g/mol. The van der Waals surface area contributed by atoms with Crippen LogP contribution in [0.5, 0.6) is 5.75 Å². The molecular formula is C18H20Cl3NO2. The van der Waals surface area contributed by atoms with Gasteiger partial charge >= 0.3 is 0 Å². The first kappa shape index (κ1) is 19.4. The third-order valence-electron chi connectivity index (χ3n) is 3.75. The van der Waals surface area contributed by atoms with Crippen LogP contribution in [0.3, 0.4) is 0 Å². The number of halogens is 3. The van der Waals surface area contributed by atoms with E-state index >= 15 is 0 Å². The molecule has 2 rings (SSSR count). The molecule has 0 unspecified atom stereocenters. The summed E-state index contributed by atoms with van der Waals surface area (Å²) in [4.78, 5) is 0. The lowest BCUT2D eigenvalue weighted by atomic mass is 10.1. The van der Waals surface area contributed by atoms with Gasteiger partial charge in [-0.15, -0.1) is 0 Å². The van der Waals surface area contributed by atoms with Crippen LogP contribution >= 0.6 is 34.8 Å². The van der Waals surface area contributed by atoms with Crippen LogP contribution in [0.15, 0.2) is 36.4 Å². The molecule has 0 aliphatic rings. The molecule has 0 radical (unpaired) electrons. The Morgan fingerprint density at radius 3 is 2.46 bits per heavy atom. The van der Waals surface area contributed by atoms with Crippen LogP contribution in [-0.4, -0.2) is 17.8 Å². The molecule has 3 nitrogen and oxygen atoms in total. The molecule has 0 spiro atoms. The quantitative estimate of drug-likeness (QED) is 0.662. The SMILES string of the molecule is CC[C@@H](CO)NCc1cc(Cl)ccc1OCc1c(Cl)cccc1Cl. The predicted molar refractivity (Wildman–Crippen MR) is 100 cm³/mol. The fourth-order valence-electron chi connectivity index (χ4n) is 2.24. The molecule has 0 amide bonds. The first-order valence-electron chi connectivity index (χ1n) is 7.73. The van der Waals surface area contributed by atoms with Gasteiger partial charge in [-0.1, -0.05) is 47.8 Å². The third-order valence-corrected chi connectivity index (χ3v) is 4.69. The van der Waals surface area contributed by atoms with Crippen molar-refractivity contribution in [2.75, 3.05) is 6.61 Å². The van der Waals surface area contributed by atoms with Crippen LogP contribution in [0.1, 0.15) is 24.5 Å². The van der Waals surface area contributed by atoms with Crippen molar-refractivity contribution in [1.82, 2.24) is 5.32 Å². The molecule has 6 heteroatoms. The highest BCUT2D eigenvalue weighted by molar-refractivity contribution is 6.36. The Balaban J connectivity index is 2.12. The largest absolute Gasteiger partial charge is 0.488 e. The van der Waals surface area contributed by atoms with Crippen molar-refractivity contribution in [3.8, 4) is 5.75 Å². The summed E-state index contributed by atoms with van der Waals surface area (Å²) in [6.45, 7) is 2.92. The molecule has 0 aliphatic heterocycles. The van der Waals surface area contributed by atoms with Crippen LogP contribution in [0.4, 0.5) is 0 Å². The van der Waals surface area contributed by atoms with Gasteiger partial charge in [0.05, 0.1) is 6.61 Å². The maximum atomic E-state index is 9.29. The summed E-state index contributed by atoms with van der Waals surface area (Å²) < 4.78 is 5.91. The Morgan fingerprint density at radius 2 is 1.83 bits per heavy atom. The van der Waals surface area contributed by atoms with E-state index in [1.165, 1.54) is 0 Å². The molecule has 0 saturated heterocycles. The Bertz CT molecular complexity index is 655. The second-order valence-electron chi connectivity index (χ2n) is 5.41. The van der Waals surface area contributed by atoms with Crippen molar-refractivity contribution in [3.63, 3.8) is 0 Å². The van der Waals surface area contributed by atoms with E-state index < -0.39 is 0 Å². The summed E-state index contributed by atoms with van der Waals surface area (Å²) in [5.41, 5.74) is 1.66. The number of hydrogen-bond donors (Lipinski definition) is 2. The van der Waals surface area contributed by atoms with Gasteiger partial charge in [-0.05, 0) is 36.8 Å².